The molecule has 1 aliphatic carbocycles. The molecule has 2 amide bonds. The fourth-order valence-electron chi connectivity index (χ4n) is 6.23. The Morgan fingerprint density at radius 2 is 1.59 bits per heavy atom. The van der Waals surface area contributed by atoms with Gasteiger partial charge in [-0.25, -0.2) is 4.79 Å². The van der Waals surface area contributed by atoms with Crippen LogP contribution in [0, 0.1) is 0 Å². The second kappa shape index (κ2) is 11.4. The van der Waals surface area contributed by atoms with Gasteiger partial charge in [0.2, 0.25) is 11.8 Å². The number of alkyl halides is 3. The number of amides is 2. The van der Waals surface area contributed by atoms with Gasteiger partial charge in [-0.05, 0) is 81.0 Å². The standard InChI is InChI=1S/C25H35N3O2.C2HF3O2/c29-23-9-11-25(28(23)19-24(30)27-14-1-2-15-27)10-4-13-26(16-12-25)18-20-7-8-21-5-3-6-22(21)17-20;3-2(4,5)1(6)7/h7-8,17H,1-6,9-16,18-19H2;(H,6,7). The van der Waals surface area contributed by atoms with Crippen molar-refractivity contribution in [2.75, 3.05) is 32.7 Å². The van der Waals surface area contributed by atoms with Crippen molar-refractivity contribution in [3.63, 3.8) is 0 Å². The highest BCUT2D eigenvalue weighted by atomic mass is 19.4. The van der Waals surface area contributed by atoms with Crippen LogP contribution in [0.3, 0.4) is 0 Å². The summed E-state index contributed by atoms with van der Waals surface area (Å²) in [5.41, 5.74) is 4.41. The van der Waals surface area contributed by atoms with E-state index in [4.69, 9.17) is 9.90 Å². The molecule has 37 heavy (non-hydrogen) atoms. The van der Waals surface area contributed by atoms with Crippen molar-refractivity contribution in [1.82, 2.24) is 14.7 Å². The topological polar surface area (TPSA) is 81.2 Å². The van der Waals surface area contributed by atoms with Crippen molar-refractivity contribution in [3.8, 4) is 0 Å². The van der Waals surface area contributed by atoms with Crippen molar-refractivity contribution in [2.45, 2.75) is 82.5 Å². The Kier molecular flexibility index (Phi) is 8.46. The number of halogens is 3. The van der Waals surface area contributed by atoms with Gasteiger partial charge in [0.05, 0.1) is 0 Å². The highest BCUT2D eigenvalue weighted by molar-refractivity contribution is 5.87. The van der Waals surface area contributed by atoms with Crippen LogP contribution in [0.25, 0.3) is 0 Å². The third-order valence-electron chi connectivity index (χ3n) is 8.25. The monoisotopic (exact) mass is 523 g/mol. The molecular weight excluding hydrogens is 487 g/mol. The number of nitrogens with zero attached hydrogens (tertiary/aromatic N) is 3. The largest absolute Gasteiger partial charge is 0.490 e. The first-order valence-corrected chi connectivity index (χ1v) is 13.3. The van der Waals surface area contributed by atoms with Crippen molar-refractivity contribution in [3.05, 3.63) is 34.9 Å². The van der Waals surface area contributed by atoms with Crippen molar-refractivity contribution in [2.24, 2.45) is 0 Å². The number of aryl methyl sites for hydroxylation is 2. The maximum absolute atomic E-state index is 12.8. The number of carboxylic acids is 1. The number of rotatable bonds is 4. The Morgan fingerprint density at radius 1 is 0.892 bits per heavy atom. The lowest BCUT2D eigenvalue weighted by Gasteiger charge is -2.38. The zero-order chi connectivity index (χ0) is 26.6. The average molecular weight is 524 g/mol. The van der Waals surface area contributed by atoms with Gasteiger partial charge in [-0.1, -0.05) is 18.2 Å². The van der Waals surface area contributed by atoms with Crippen LogP contribution in [-0.4, -0.2) is 82.0 Å². The van der Waals surface area contributed by atoms with Crippen LogP contribution in [-0.2, 0) is 33.8 Å². The SMILES string of the molecule is O=C(CN1C(=O)CCC12CCCN(Cc1ccc3c(c1)CCC3)CC2)N1CCCC1.O=C(O)C(F)(F)F. The molecule has 1 aromatic rings. The van der Waals surface area contributed by atoms with Gasteiger partial charge >= 0.3 is 12.1 Å². The van der Waals surface area contributed by atoms with Crippen LogP contribution in [0.5, 0.6) is 0 Å². The second-order valence-corrected chi connectivity index (χ2v) is 10.7. The van der Waals surface area contributed by atoms with Gasteiger partial charge in [-0.2, -0.15) is 13.2 Å². The van der Waals surface area contributed by atoms with Gasteiger partial charge in [0.25, 0.3) is 0 Å². The summed E-state index contributed by atoms with van der Waals surface area (Å²) < 4.78 is 31.7. The number of benzene rings is 1. The Labute approximate surface area is 215 Å². The predicted octanol–water partition coefficient (Wildman–Crippen LogP) is 3.78. The highest BCUT2D eigenvalue weighted by Gasteiger charge is 2.46. The number of hydrogen-bond acceptors (Lipinski definition) is 4. The lowest BCUT2D eigenvalue weighted by Crippen LogP contribution is -2.51. The fraction of sp³-hybridized carbons (Fsp3) is 0.667. The fourth-order valence-corrected chi connectivity index (χ4v) is 6.23. The van der Waals surface area contributed by atoms with Crippen LogP contribution in [0.2, 0.25) is 0 Å². The maximum Gasteiger partial charge on any atom is 0.490 e. The first-order valence-electron chi connectivity index (χ1n) is 13.3. The molecule has 204 valence electrons. The Balaban J connectivity index is 0.000000405. The lowest BCUT2D eigenvalue weighted by atomic mass is 9.87. The molecule has 4 aliphatic rings. The molecule has 10 heteroatoms. The molecule has 1 unspecified atom stereocenters. The summed E-state index contributed by atoms with van der Waals surface area (Å²) in [5, 5.41) is 7.12. The Morgan fingerprint density at radius 3 is 2.30 bits per heavy atom. The Hall–Kier alpha value is -2.62. The third-order valence-corrected chi connectivity index (χ3v) is 8.25. The van der Waals surface area contributed by atoms with E-state index in [1.165, 1.54) is 30.4 Å². The van der Waals surface area contributed by atoms with Crippen molar-refractivity contribution >= 4 is 17.8 Å². The molecule has 7 nitrogen and oxygen atoms in total. The number of likely N-dealkylation sites (tertiary alicyclic amines) is 3. The van der Waals surface area contributed by atoms with E-state index in [9.17, 15) is 22.8 Å². The molecule has 0 radical (unpaired) electrons. The lowest BCUT2D eigenvalue weighted by molar-refractivity contribution is -0.192. The van der Waals surface area contributed by atoms with E-state index in [0.717, 1.165) is 71.2 Å². The molecule has 1 N–H and O–H groups in total. The van der Waals surface area contributed by atoms with E-state index in [0.29, 0.717) is 13.0 Å². The minimum Gasteiger partial charge on any atom is -0.475 e. The molecule has 1 atom stereocenters. The van der Waals surface area contributed by atoms with Crippen LogP contribution < -0.4 is 0 Å². The van der Waals surface area contributed by atoms with Crippen LogP contribution >= 0.6 is 0 Å². The normalized spacial score (nSPS) is 24.1. The Bertz CT molecular complexity index is 1010. The predicted molar refractivity (Wildman–Crippen MR) is 131 cm³/mol. The van der Waals surface area contributed by atoms with Gasteiger partial charge < -0.3 is 14.9 Å². The molecule has 0 saturated carbocycles. The van der Waals surface area contributed by atoms with E-state index in [-0.39, 0.29) is 17.4 Å². The number of aliphatic carboxylic acids is 1. The third kappa shape index (κ3) is 6.64. The van der Waals surface area contributed by atoms with Crippen molar-refractivity contribution in [1.29, 1.82) is 0 Å². The first-order chi connectivity index (χ1) is 17.6. The molecule has 3 fully saturated rings. The highest BCUT2D eigenvalue weighted by Crippen LogP contribution is 2.39. The summed E-state index contributed by atoms with van der Waals surface area (Å²) in [6, 6.07) is 7.06. The molecule has 3 saturated heterocycles. The molecule has 0 aromatic heterocycles. The molecule has 3 aliphatic heterocycles. The van der Waals surface area contributed by atoms with E-state index in [2.05, 4.69) is 23.1 Å². The number of carboxylic acid groups (broad SMARTS) is 1. The molecule has 1 spiro atoms. The zero-order valence-electron chi connectivity index (χ0n) is 21.2. The number of hydrogen-bond donors (Lipinski definition) is 1. The molecule has 1 aromatic carbocycles. The van der Waals surface area contributed by atoms with E-state index >= 15 is 0 Å². The summed E-state index contributed by atoms with van der Waals surface area (Å²) in [4.78, 5) is 40.9. The average Bonchev–Trinajstić information content (AvgIpc) is 3.57. The first kappa shape index (κ1) is 27.4. The molecule has 0 bridgehead atoms. The van der Waals surface area contributed by atoms with E-state index < -0.39 is 12.1 Å². The van der Waals surface area contributed by atoms with Gasteiger partial charge in [-0.15, -0.1) is 0 Å². The minimum absolute atomic E-state index is 0.0981. The van der Waals surface area contributed by atoms with E-state index in [1.807, 2.05) is 9.80 Å². The molecule has 5 rings (SSSR count). The molecule has 3 heterocycles. The summed E-state index contributed by atoms with van der Waals surface area (Å²) >= 11 is 0. The minimum atomic E-state index is -5.08. The van der Waals surface area contributed by atoms with Crippen molar-refractivity contribution < 1.29 is 32.7 Å². The van der Waals surface area contributed by atoms with Gasteiger partial charge in [-0.3, -0.25) is 14.5 Å². The maximum atomic E-state index is 12.8. The second-order valence-electron chi connectivity index (χ2n) is 10.7. The summed E-state index contributed by atoms with van der Waals surface area (Å²) in [6.07, 6.45) is 5.55. The van der Waals surface area contributed by atoms with Gasteiger partial charge in [0.1, 0.15) is 6.54 Å². The zero-order valence-corrected chi connectivity index (χ0v) is 21.2. The van der Waals surface area contributed by atoms with Crippen LogP contribution in [0.4, 0.5) is 13.2 Å². The van der Waals surface area contributed by atoms with Gasteiger partial charge in [0.15, 0.2) is 0 Å². The number of carbonyl (C=O) groups excluding carboxylic acids is 2. The van der Waals surface area contributed by atoms with E-state index in [1.54, 1.807) is 5.56 Å². The molecular formula is C27H36F3N3O4. The summed E-state index contributed by atoms with van der Waals surface area (Å²) in [6.45, 7) is 5.12. The number of carbonyl (C=O) groups is 3. The van der Waals surface area contributed by atoms with Gasteiger partial charge in [0, 0.05) is 38.1 Å². The number of fused-ring (bicyclic) bond motifs is 1. The summed E-state index contributed by atoms with van der Waals surface area (Å²) in [7, 11) is 0. The van der Waals surface area contributed by atoms with Crippen LogP contribution in [0.1, 0.15) is 68.1 Å². The smallest absolute Gasteiger partial charge is 0.475 e. The summed E-state index contributed by atoms with van der Waals surface area (Å²) in [5.74, 6) is -2.41. The quantitative estimate of drug-likeness (QED) is 0.650. The van der Waals surface area contributed by atoms with Crippen LogP contribution in [0.15, 0.2) is 18.2 Å².